The normalized spacial score (nSPS) is 15.2. The van der Waals surface area contributed by atoms with Crippen LogP contribution in [0.5, 0.6) is 5.75 Å². The van der Waals surface area contributed by atoms with Gasteiger partial charge in [-0.25, -0.2) is 9.78 Å². The Balaban J connectivity index is 2.04. The molecule has 0 aliphatic heterocycles. The van der Waals surface area contributed by atoms with Crippen molar-refractivity contribution < 1.29 is 83.1 Å². The molecule has 1 aromatic carbocycles. The highest BCUT2D eigenvalue weighted by molar-refractivity contribution is 7.98. The van der Waals surface area contributed by atoms with Crippen molar-refractivity contribution in [3.8, 4) is 5.75 Å². The molecule has 0 aliphatic rings. The molecule has 0 saturated heterocycles. The molecule has 0 spiro atoms. The third-order valence-electron chi connectivity index (χ3n) is 11.5. The van der Waals surface area contributed by atoms with Crippen LogP contribution in [0.1, 0.15) is 65.1 Å². The van der Waals surface area contributed by atoms with E-state index in [0.717, 1.165) is 6.92 Å². The van der Waals surface area contributed by atoms with Gasteiger partial charge in [-0.3, -0.25) is 52.7 Å². The number of carboxylic acids is 2. The number of thiol groups is 1. The Bertz CT molecular complexity index is 2450. The van der Waals surface area contributed by atoms with Gasteiger partial charge in [0.25, 0.3) is 0 Å². The Morgan fingerprint density at radius 3 is 1.68 bits per heavy atom. The molecule has 2 rings (SSSR count). The number of nitrogens with two attached hydrogens (primary N) is 1. The number of carbonyl (C=O) groups is 12. The van der Waals surface area contributed by atoms with Crippen molar-refractivity contribution in [3.05, 3.63) is 48.0 Å². The van der Waals surface area contributed by atoms with Gasteiger partial charge in [-0.05, 0) is 69.2 Å². The number of rotatable bonds is 35. The predicted octanol–water partition coefficient (Wildman–Crippen LogP) is -5.59. The number of hydrogen-bond acceptors (Lipinski definition) is 19. The second-order valence-corrected chi connectivity index (χ2v) is 20.2. The Morgan fingerprint density at radius 1 is 0.625 bits per heavy atom. The van der Waals surface area contributed by atoms with E-state index in [1.807, 2.05) is 0 Å². The monoisotopic (exact) mass is 1170 g/mol. The van der Waals surface area contributed by atoms with Gasteiger partial charge in [0.2, 0.25) is 59.1 Å². The fraction of sp³-hybridized carbons (Fsp3) is 0.562. The van der Waals surface area contributed by atoms with Crippen LogP contribution in [0.3, 0.4) is 0 Å². The van der Waals surface area contributed by atoms with E-state index in [-0.39, 0.29) is 48.9 Å². The number of aliphatic carboxylic acids is 2. The molecule has 11 atom stereocenters. The minimum absolute atomic E-state index is 0.0181. The topological polar surface area (TPSA) is 481 Å². The third kappa shape index (κ3) is 24.6. The van der Waals surface area contributed by atoms with E-state index < -0.39 is 157 Å². The van der Waals surface area contributed by atoms with E-state index in [9.17, 15) is 83.1 Å². The molecule has 0 unspecified atom stereocenters. The molecule has 80 heavy (non-hydrogen) atoms. The van der Waals surface area contributed by atoms with Crippen molar-refractivity contribution in [2.24, 2.45) is 11.7 Å². The molecule has 18 N–H and O–H groups in total. The molecule has 1 aromatic heterocycles. The largest absolute Gasteiger partial charge is 0.508 e. The van der Waals surface area contributed by atoms with Crippen molar-refractivity contribution in [1.29, 1.82) is 0 Å². The van der Waals surface area contributed by atoms with Crippen LogP contribution in [0.4, 0.5) is 0 Å². The van der Waals surface area contributed by atoms with Crippen LogP contribution in [0.15, 0.2) is 36.8 Å². The number of phenolic OH excluding ortho intramolecular Hbond substituents is 1. The minimum Gasteiger partial charge on any atom is -0.508 e. The van der Waals surface area contributed by atoms with Gasteiger partial charge in [-0.2, -0.15) is 24.4 Å². The number of carbonyl (C=O) groups excluding carboxylic acids is 10. The second kappa shape index (κ2) is 34.5. The lowest BCUT2D eigenvalue weighted by molar-refractivity contribution is -0.143. The van der Waals surface area contributed by atoms with Crippen LogP contribution in [0.25, 0.3) is 0 Å². The standard InChI is InChI=1S/C48H73N13O17S2/c1-22(2)13-31(57-46(75)39(25(5)63)61-41(70)29(49)15-27-17-50-21-53-27)44(73)59-34(20-79)45(74)55-30(11-12-80-6)43(72)56-32(16-37(67)68)42(71)52-18-35(65)51-19-36(66)54-23(3)40(69)60-38(24(4)62)47(76)58-33(48(77)78)14-26-7-9-28(64)10-8-26/h7-10,17,21-25,29-34,38-39,62-64,79H,11-16,18-20,49H2,1-6H3,(H,50,53)(H,51,65)(H,52,71)(H,54,66)(H,55,74)(H,56,72)(H,57,75)(H,58,76)(H,59,73)(H,60,69)(H,61,70)(H,67,68)(H,77,78)/t23-,24+,25+,29-,30-,31-,32-,33-,34-,38-,39-/m0/s1. The number of H-pyrrole nitrogens is 1. The molecule has 0 radical (unpaired) electrons. The number of hydrogen-bond donors (Lipinski definition) is 18. The van der Waals surface area contributed by atoms with Crippen molar-refractivity contribution >= 4 is 95.4 Å². The smallest absolute Gasteiger partial charge is 0.326 e. The first-order valence-electron chi connectivity index (χ1n) is 24.9. The van der Waals surface area contributed by atoms with Crippen LogP contribution in [0, 0.1) is 5.92 Å². The zero-order valence-electron chi connectivity index (χ0n) is 44.8. The summed E-state index contributed by atoms with van der Waals surface area (Å²) in [4.78, 5) is 162. The summed E-state index contributed by atoms with van der Waals surface area (Å²) < 4.78 is 0. The Hall–Kier alpha value is -7.55. The molecular formula is C48H73N13O17S2. The predicted molar refractivity (Wildman–Crippen MR) is 289 cm³/mol. The zero-order valence-corrected chi connectivity index (χ0v) is 46.5. The van der Waals surface area contributed by atoms with Gasteiger partial charge in [-0.1, -0.05) is 26.0 Å². The molecule has 0 saturated carbocycles. The summed E-state index contributed by atoms with van der Waals surface area (Å²) in [5.74, 6) is -13.1. The van der Waals surface area contributed by atoms with Crippen molar-refractivity contribution in [2.75, 3.05) is 30.9 Å². The number of phenols is 1. The van der Waals surface area contributed by atoms with Gasteiger partial charge >= 0.3 is 11.9 Å². The van der Waals surface area contributed by atoms with Crippen molar-refractivity contribution in [2.45, 2.75) is 133 Å². The van der Waals surface area contributed by atoms with Crippen molar-refractivity contribution in [1.82, 2.24) is 63.1 Å². The summed E-state index contributed by atoms with van der Waals surface area (Å²) in [5, 5.41) is 72.6. The Kier molecular flexibility index (Phi) is 29.5. The van der Waals surface area contributed by atoms with Crippen LogP contribution in [-0.4, -0.2) is 204 Å². The molecular weight excluding hydrogens is 1090 g/mol. The summed E-state index contributed by atoms with van der Waals surface area (Å²) in [7, 11) is 0. The highest BCUT2D eigenvalue weighted by Gasteiger charge is 2.36. The number of aliphatic hydroxyl groups excluding tert-OH is 2. The van der Waals surface area contributed by atoms with Gasteiger partial charge in [0.1, 0.15) is 54.1 Å². The summed E-state index contributed by atoms with van der Waals surface area (Å²) in [6, 6.07) is -7.81. The zero-order chi connectivity index (χ0) is 60.4. The average Bonchev–Trinajstić information content (AvgIpc) is 3.90. The average molecular weight is 1170 g/mol. The maximum Gasteiger partial charge on any atom is 0.326 e. The number of nitrogens with one attached hydrogen (secondary N) is 11. The lowest BCUT2D eigenvalue weighted by Gasteiger charge is -2.28. The highest BCUT2D eigenvalue weighted by atomic mass is 32.2. The molecule has 0 bridgehead atoms. The van der Waals surface area contributed by atoms with Gasteiger partial charge in [-0.15, -0.1) is 0 Å². The van der Waals surface area contributed by atoms with Gasteiger partial charge in [0.15, 0.2) is 0 Å². The SMILES string of the molecule is CSCC[C@H](NC(=O)[C@H](CS)NC(=O)[C@H](CC(C)C)NC(=O)[C@@H](NC(=O)[C@@H](N)Cc1cnc[nH]1)[C@@H](C)O)C(=O)N[C@@H](CC(=O)O)C(=O)NCC(=O)NCC(=O)N[C@@H](C)C(=O)N[C@H](C(=O)N[C@@H](Cc1ccc(O)cc1)C(=O)O)[C@@H](C)O. The Morgan fingerprint density at radius 2 is 1.15 bits per heavy atom. The summed E-state index contributed by atoms with van der Waals surface area (Å²) in [6.45, 7) is 5.44. The van der Waals surface area contributed by atoms with Gasteiger partial charge in [0.05, 0.1) is 44.1 Å². The first-order valence-corrected chi connectivity index (χ1v) is 27.0. The van der Waals surface area contributed by atoms with E-state index in [2.05, 4.69) is 75.8 Å². The summed E-state index contributed by atoms with van der Waals surface area (Å²) in [5.41, 5.74) is 6.97. The molecule has 2 aromatic rings. The van der Waals surface area contributed by atoms with E-state index in [0.29, 0.717) is 11.3 Å². The molecule has 32 heteroatoms. The fourth-order valence-electron chi connectivity index (χ4n) is 7.16. The third-order valence-corrected chi connectivity index (χ3v) is 12.5. The minimum atomic E-state index is -1.82. The number of thioether (sulfide) groups is 1. The number of aromatic amines is 1. The van der Waals surface area contributed by atoms with E-state index in [1.165, 1.54) is 62.4 Å². The molecule has 10 amide bonds. The molecule has 0 aliphatic carbocycles. The maximum absolute atomic E-state index is 13.7. The highest BCUT2D eigenvalue weighted by Crippen LogP contribution is 2.13. The summed E-state index contributed by atoms with van der Waals surface area (Å²) in [6.07, 6.45) is 0.290. The molecule has 0 fully saturated rings. The number of nitrogens with zero attached hydrogens (tertiary/aromatic N) is 1. The number of imidazole rings is 1. The van der Waals surface area contributed by atoms with Gasteiger partial charge < -0.3 is 89.4 Å². The molecule has 30 nitrogen and oxygen atoms in total. The summed E-state index contributed by atoms with van der Waals surface area (Å²) >= 11 is 5.46. The van der Waals surface area contributed by atoms with Crippen LogP contribution in [0.2, 0.25) is 0 Å². The first-order chi connectivity index (χ1) is 37.6. The number of amides is 10. The first kappa shape index (κ1) is 68.6. The lowest BCUT2D eigenvalue weighted by Crippen LogP contribution is -2.61. The van der Waals surface area contributed by atoms with Crippen molar-refractivity contribution in [3.63, 3.8) is 0 Å². The Labute approximate surface area is 469 Å². The quantitative estimate of drug-likeness (QED) is 0.0286. The van der Waals surface area contributed by atoms with Crippen LogP contribution in [-0.2, 0) is 70.4 Å². The van der Waals surface area contributed by atoms with E-state index >= 15 is 0 Å². The number of benzene rings is 1. The number of aromatic nitrogens is 2. The van der Waals surface area contributed by atoms with E-state index in [4.69, 9.17) is 5.73 Å². The molecule has 444 valence electrons. The van der Waals surface area contributed by atoms with Crippen LogP contribution >= 0.6 is 24.4 Å². The van der Waals surface area contributed by atoms with Gasteiger partial charge in [0, 0.05) is 30.5 Å². The number of aliphatic hydroxyl groups is 2. The maximum atomic E-state index is 13.7. The second-order valence-electron chi connectivity index (χ2n) is 18.8. The van der Waals surface area contributed by atoms with E-state index in [1.54, 1.807) is 20.1 Å². The lowest BCUT2D eigenvalue weighted by atomic mass is 10.0. The van der Waals surface area contributed by atoms with Crippen LogP contribution < -0.4 is 58.9 Å². The number of carboxylic acid groups (broad SMARTS) is 2. The number of aromatic hydroxyl groups is 1. The molecule has 1 heterocycles. The fourth-order valence-corrected chi connectivity index (χ4v) is 7.89.